The van der Waals surface area contributed by atoms with Crippen LogP contribution in [0.2, 0.25) is 0 Å². The Bertz CT molecular complexity index is 630. The molecule has 2 aliphatic heterocycles. The van der Waals surface area contributed by atoms with Crippen molar-refractivity contribution in [3.8, 4) is 0 Å². The largest absolute Gasteiger partial charge is 0.376 e. The number of nitrogens with one attached hydrogen (secondary N) is 1. The molecule has 2 fully saturated rings. The zero-order valence-electron chi connectivity index (χ0n) is 19.8. The molecule has 6 nitrogen and oxygen atoms in total. The molecule has 0 saturated carbocycles. The second-order valence-electron chi connectivity index (χ2n) is 8.82. The summed E-state index contributed by atoms with van der Waals surface area (Å²) in [5.74, 6) is 1.68. The molecule has 0 aromatic heterocycles. The SMILES string of the molecule is CCNC(=NCCCCN1CCN(CC)CC1)N1CCC(COCc2ccccc2)C1. The highest BCUT2D eigenvalue weighted by molar-refractivity contribution is 5.80. The van der Waals surface area contributed by atoms with Crippen molar-refractivity contribution in [1.82, 2.24) is 20.0 Å². The zero-order valence-corrected chi connectivity index (χ0v) is 19.8. The van der Waals surface area contributed by atoms with E-state index in [0.29, 0.717) is 12.5 Å². The average Bonchev–Trinajstić information content (AvgIpc) is 3.28. The summed E-state index contributed by atoms with van der Waals surface area (Å²) in [5.41, 5.74) is 1.25. The maximum Gasteiger partial charge on any atom is 0.193 e. The van der Waals surface area contributed by atoms with Crippen LogP contribution in [-0.2, 0) is 11.3 Å². The maximum absolute atomic E-state index is 5.98. The molecule has 0 spiro atoms. The lowest BCUT2D eigenvalue weighted by Gasteiger charge is -2.33. The van der Waals surface area contributed by atoms with Gasteiger partial charge in [-0.25, -0.2) is 0 Å². The summed E-state index contributed by atoms with van der Waals surface area (Å²) in [6, 6.07) is 10.4. The van der Waals surface area contributed by atoms with E-state index in [1.807, 2.05) is 6.07 Å². The number of rotatable bonds is 11. The fourth-order valence-electron chi connectivity index (χ4n) is 4.47. The van der Waals surface area contributed by atoms with E-state index in [9.17, 15) is 0 Å². The summed E-state index contributed by atoms with van der Waals surface area (Å²) < 4.78 is 5.98. The molecule has 0 amide bonds. The van der Waals surface area contributed by atoms with Crippen molar-refractivity contribution in [3.05, 3.63) is 35.9 Å². The van der Waals surface area contributed by atoms with Crippen molar-refractivity contribution in [2.75, 3.05) is 72.1 Å². The molecule has 2 aliphatic rings. The molecule has 3 rings (SSSR count). The van der Waals surface area contributed by atoms with E-state index in [4.69, 9.17) is 9.73 Å². The third-order valence-electron chi connectivity index (χ3n) is 6.44. The van der Waals surface area contributed by atoms with Gasteiger partial charge in [0.25, 0.3) is 0 Å². The van der Waals surface area contributed by atoms with E-state index in [1.165, 1.54) is 64.1 Å². The third kappa shape index (κ3) is 8.43. The molecule has 6 heteroatoms. The van der Waals surface area contributed by atoms with Crippen LogP contribution in [0.3, 0.4) is 0 Å². The van der Waals surface area contributed by atoms with Crippen molar-refractivity contribution in [2.45, 2.75) is 39.7 Å². The van der Waals surface area contributed by atoms with Gasteiger partial charge < -0.3 is 24.8 Å². The van der Waals surface area contributed by atoms with Gasteiger partial charge in [-0.2, -0.15) is 0 Å². The Hall–Kier alpha value is -1.63. The van der Waals surface area contributed by atoms with Gasteiger partial charge in [0.2, 0.25) is 0 Å². The normalized spacial score (nSPS) is 21.0. The van der Waals surface area contributed by atoms with Crippen LogP contribution in [0.4, 0.5) is 0 Å². The molecule has 174 valence electrons. The Kier molecular flexibility index (Phi) is 10.6. The topological polar surface area (TPSA) is 43.3 Å². The molecule has 0 radical (unpaired) electrons. The molecule has 0 aliphatic carbocycles. The second kappa shape index (κ2) is 13.7. The molecular formula is C25H43N5O. The third-order valence-corrected chi connectivity index (χ3v) is 6.44. The highest BCUT2D eigenvalue weighted by atomic mass is 16.5. The van der Waals surface area contributed by atoms with Gasteiger partial charge in [-0.3, -0.25) is 4.99 Å². The van der Waals surface area contributed by atoms with Crippen molar-refractivity contribution < 1.29 is 4.74 Å². The Morgan fingerprint density at radius 1 is 1.03 bits per heavy atom. The number of hydrogen-bond donors (Lipinski definition) is 1. The molecule has 2 heterocycles. The van der Waals surface area contributed by atoms with Gasteiger partial charge in [0.15, 0.2) is 5.96 Å². The lowest BCUT2D eigenvalue weighted by molar-refractivity contribution is 0.0906. The summed E-state index contributed by atoms with van der Waals surface area (Å²) in [7, 11) is 0. The molecule has 0 bridgehead atoms. The average molecular weight is 430 g/mol. The first kappa shape index (κ1) is 24.0. The number of nitrogens with zero attached hydrogens (tertiary/aromatic N) is 4. The lowest BCUT2D eigenvalue weighted by Crippen LogP contribution is -2.46. The number of aliphatic imine (C=N–C) groups is 1. The summed E-state index contributed by atoms with van der Waals surface area (Å²) in [6.07, 6.45) is 3.59. The standard InChI is InChI=1S/C25H43N5O/c1-3-26-25(27-13-8-9-14-29-18-16-28(4-2)17-19-29)30-15-12-24(20-30)22-31-21-23-10-6-5-7-11-23/h5-7,10-11,24H,3-4,8-9,12-22H2,1-2H3,(H,26,27). The molecule has 1 unspecified atom stereocenters. The number of benzene rings is 1. The van der Waals surface area contributed by atoms with Crippen LogP contribution >= 0.6 is 0 Å². The number of piperazine rings is 1. The minimum Gasteiger partial charge on any atom is -0.376 e. The van der Waals surface area contributed by atoms with E-state index in [0.717, 1.165) is 38.7 Å². The first-order chi connectivity index (χ1) is 15.3. The molecule has 1 aromatic carbocycles. The quantitative estimate of drug-likeness (QED) is 0.333. The zero-order chi connectivity index (χ0) is 21.7. The summed E-state index contributed by atoms with van der Waals surface area (Å²) >= 11 is 0. The highest BCUT2D eigenvalue weighted by Crippen LogP contribution is 2.17. The molecule has 1 atom stereocenters. The van der Waals surface area contributed by atoms with Crippen molar-refractivity contribution in [3.63, 3.8) is 0 Å². The predicted octanol–water partition coefficient (Wildman–Crippen LogP) is 2.91. The van der Waals surface area contributed by atoms with Gasteiger partial charge in [-0.15, -0.1) is 0 Å². The maximum atomic E-state index is 5.98. The first-order valence-corrected chi connectivity index (χ1v) is 12.4. The number of guanidine groups is 1. The molecular weight excluding hydrogens is 386 g/mol. The monoisotopic (exact) mass is 429 g/mol. The van der Waals surface area contributed by atoms with Crippen LogP contribution in [0.25, 0.3) is 0 Å². The van der Waals surface area contributed by atoms with E-state index in [2.05, 4.69) is 58.1 Å². The van der Waals surface area contributed by atoms with E-state index in [1.54, 1.807) is 0 Å². The van der Waals surface area contributed by atoms with Gasteiger partial charge in [-0.05, 0) is 44.8 Å². The van der Waals surface area contributed by atoms with Crippen LogP contribution in [0.1, 0.15) is 38.7 Å². The molecule has 2 saturated heterocycles. The van der Waals surface area contributed by atoms with Gasteiger partial charge in [0.1, 0.15) is 0 Å². The Labute approximate surface area is 189 Å². The van der Waals surface area contributed by atoms with Crippen LogP contribution < -0.4 is 5.32 Å². The summed E-state index contributed by atoms with van der Waals surface area (Å²) in [4.78, 5) is 12.5. The Morgan fingerprint density at radius 2 is 1.81 bits per heavy atom. The van der Waals surface area contributed by atoms with E-state index >= 15 is 0 Å². The van der Waals surface area contributed by atoms with Crippen molar-refractivity contribution in [1.29, 1.82) is 0 Å². The highest BCUT2D eigenvalue weighted by Gasteiger charge is 2.25. The molecule has 31 heavy (non-hydrogen) atoms. The van der Waals surface area contributed by atoms with E-state index < -0.39 is 0 Å². The van der Waals surface area contributed by atoms with Crippen LogP contribution in [0.5, 0.6) is 0 Å². The minimum atomic E-state index is 0.592. The van der Waals surface area contributed by atoms with Crippen LogP contribution in [-0.4, -0.2) is 92.7 Å². The number of ether oxygens (including phenoxy) is 1. The van der Waals surface area contributed by atoms with Crippen LogP contribution in [0, 0.1) is 5.92 Å². The van der Waals surface area contributed by atoms with Crippen LogP contribution in [0.15, 0.2) is 35.3 Å². The second-order valence-corrected chi connectivity index (χ2v) is 8.82. The van der Waals surface area contributed by atoms with Gasteiger partial charge in [-0.1, -0.05) is 37.3 Å². The number of likely N-dealkylation sites (N-methyl/N-ethyl adjacent to an activating group) is 1. The van der Waals surface area contributed by atoms with Gasteiger partial charge >= 0.3 is 0 Å². The predicted molar refractivity (Wildman–Crippen MR) is 130 cm³/mol. The first-order valence-electron chi connectivity index (χ1n) is 12.4. The smallest absolute Gasteiger partial charge is 0.193 e. The minimum absolute atomic E-state index is 0.592. The Morgan fingerprint density at radius 3 is 2.55 bits per heavy atom. The summed E-state index contributed by atoms with van der Waals surface area (Å²) in [6.45, 7) is 17.2. The summed E-state index contributed by atoms with van der Waals surface area (Å²) in [5, 5.41) is 3.50. The number of unbranched alkanes of at least 4 members (excludes halogenated alkanes) is 1. The fourth-order valence-corrected chi connectivity index (χ4v) is 4.47. The molecule has 1 N–H and O–H groups in total. The molecule has 1 aromatic rings. The van der Waals surface area contributed by atoms with E-state index in [-0.39, 0.29) is 0 Å². The number of likely N-dealkylation sites (tertiary alicyclic amines) is 1. The number of hydrogen-bond acceptors (Lipinski definition) is 4. The lowest BCUT2D eigenvalue weighted by atomic mass is 10.1. The van der Waals surface area contributed by atoms with Gasteiger partial charge in [0, 0.05) is 58.3 Å². The van der Waals surface area contributed by atoms with Gasteiger partial charge in [0.05, 0.1) is 13.2 Å². The van der Waals surface area contributed by atoms with Crippen molar-refractivity contribution >= 4 is 5.96 Å². The fraction of sp³-hybridized carbons (Fsp3) is 0.720. The Balaban J connectivity index is 1.32. The van der Waals surface area contributed by atoms with Crippen molar-refractivity contribution in [2.24, 2.45) is 10.9 Å².